The number of hydrogen-bond acceptors (Lipinski definition) is 2. The van der Waals surface area contributed by atoms with Crippen LogP contribution in [0, 0.1) is 19.8 Å². The van der Waals surface area contributed by atoms with E-state index in [9.17, 15) is 4.79 Å². The lowest BCUT2D eigenvalue weighted by Gasteiger charge is -2.30. The Morgan fingerprint density at radius 3 is 2.71 bits per heavy atom. The molecule has 0 spiro atoms. The summed E-state index contributed by atoms with van der Waals surface area (Å²) in [6.07, 6.45) is 3.66. The lowest BCUT2D eigenvalue weighted by molar-refractivity contribution is 0.0950. The van der Waals surface area contributed by atoms with Gasteiger partial charge in [-0.1, -0.05) is 19.1 Å². The second kappa shape index (κ2) is 7.60. The van der Waals surface area contributed by atoms with Crippen LogP contribution >= 0.6 is 0 Å². The van der Waals surface area contributed by atoms with E-state index in [0.717, 1.165) is 36.6 Å². The van der Waals surface area contributed by atoms with Crippen molar-refractivity contribution < 1.29 is 4.79 Å². The minimum absolute atomic E-state index is 0.0588. The van der Waals surface area contributed by atoms with Crippen molar-refractivity contribution in [3.8, 4) is 0 Å². The Bertz CT molecular complexity index is 476. The van der Waals surface area contributed by atoms with Crippen molar-refractivity contribution >= 4 is 5.91 Å². The van der Waals surface area contributed by atoms with Gasteiger partial charge in [0.05, 0.1) is 0 Å². The molecule has 116 valence electrons. The molecule has 2 rings (SSSR count). The summed E-state index contributed by atoms with van der Waals surface area (Å²) in [4.78, 5) is 14.7. The Morgan fingerprint density at radius 1 is 1.29 bits per heavy atom. The minimum atomic E-state index is 0.0588. The molecular formula is C18H28N2O. The smallest absolute Gasteiger partial charge is 0.251 e. The third-order valence-corrected chi connectivity index (χ3v) is 4.66. The summed E-state index contributed by atoms with van der Waals surface area (Å²) in [5.41, 5.74) is 3.06. The summed E-state index contributed by atoms with van der Waals surface area (Å²) in [6.45, 7) is 10.7. The van der Waals surface area contributed by atoms with Crippen LogP contribution in [0.1, 0.15) is 47.7 Å². The fraction of sp³-hybridized carbons (Fsp3) is 0.611. The third kappa shape index (κ3) is 4.57. The summed E-state index contributed by atoms with van der Waals surface area (Å²) in [5.74, 6) is 0.939. The molecule has 0 aromatic heterocycles. The molecule has 0 atom stereocenters. The zero-order valence-corrected chi connectivity index (χ0v) is 13.6. The molecule has 0 radical (unpaired) electrons. The Balaban J connectivity index is 1.71. The Morgan fingerprint density at radius 2 is 2.00 bits per heavy atom. The molecule has 1 aromatic rings. The molecule has 1 fully saturated rings. The number of carbonyl (C=O) groups is 1. The standard InChI is InChI=1S/C18H28N2O/c1-14-8-12-20(13-9-14)11-5-10-19-18(21)17-7-4-6-15(2)16(17)3/h4,6-7,14H,5,8-13H2,1-3H3,(H,19,21). The van der Waals surface area contributed by atoms with E-state index in [1.807, 2.05) is 32.0 Å². The van der Waals surface area contributed by atoms with E-state index in [2.05, 4.69) is 17.1 Å². The van der Waals surface area contributed by atoms with Gasteiger partial charge in [-0.2, -0.15) is 0 Å². The molecule has 0 saturated carbocycles. The lowest BCUT2D eigenvalue weighted by atomic mass is 9.99. The average Bonchev–Trinajstić information content (AvgIpc) is 2.48. The molecule has 3 heteroatoms. The van der Waals surface area contributed by atoms with Crippen LogP contribution in [0.4, 0.5) is 0 Å². The predicted octanol–water partition coefficient (Wildman–Crippen LogP) is 3.16. The van der Waals surface area contributed by atoms with Crippen molar-refractivity contribution in [2.75, 3.05) is 26.2 Å². The van der Waals surface area contributed by atoms with Gasteiger partial charge >= 0.3 is 0 Å². The maximum atomic E-state index is 12.2. The highest BCUT2D eigenvalue weighted by molar-refractivity contribution is 5.95. The van der Waals surface area contributed by atoms with Gasteiger partial charge in [0.1, 0.15) is 0 Å². The van der Waals surface area contributed by atoms with Gasteiger partial charge in [-0.05, 0) is 75.9 Å². The fourth-order valence-electron chi connectivity index (χ4n) is 2.88. The van der Waals surface area contributed by atoms with Crippen molar-refractivity contribution in [1.29, 1.82) is 0 Å². The van der Waals surface area contributed by atoms with Crippen molar-refractivity contribution in [2.45, 2.75) is 40.0 Å². The normalized spacial score (nSPS) is 16.9. The number of nitrogens with zero attached hydrogens (tertiary/aromatic N) is 1. The number of aryl methyl sites for hydroxylation is 1. The number of nitrogens with one attached hydrogen (secondary N) is 1. The highest BCUT2D eigenvalue weighted by Crippen LogP contribution is 2.16. The second-order valence-corrected chi connectivity index (χ2v) is 6.38. The second-order valence-electron chi connectivity index (χ2n) is 6.38. The molecule has 1 aromatic carbocycles. The molecule has 0 bridgehead atoms. The van der Waals surface area contributed by atoms with Gasteiger partial charge < -0.3 is 10.2 Å². The molecule has 1 amide bonds. The van der Waals surface area contributed by atoms with Crippen molar-refractivity contribution in [2.24, 2.45) is 5.92 Å². The van der Waals surface area contributed by atoms with Gasteiger partial charge in [-0.15, -0.1) is 0 Å². The first-order valence-corrected chi connectivity index (χ1v) is 8.14. The monoisotopic (exact) mass is 288 g/mol. The van der Waals surface area contributed by atoms with Crippen LogP contribution in [-0.2, 0) is 0 Å². The number of piperidine rings is 1. The zero-order valence-electron chi connectivity index (χ0n) is 13.6. The van der Waals surface area contributed by atoms with Crippen molar-refractivity contribution in [3.63, 3.8) is 0 Å². The van der Waals surface area contributed by atoms with E-state index in [1.54, 1.807) is 0 Å². The van der Waals surface area contributed by atoms with Gasteiger partial charge in [0.15, 0.2) is 0 Å². The first-order chi connectivity index (χ1) is 10.1. The zero-order chi connectivity index (χ0) is 15.2. The van der Waals surface area contributed by atoms with Gasteiger partial charge in [-0.25, -0.2) is 0 Å². The SMILES string of the molecule is Cc1cccc(C(=O)NCCCN2CCC(C)CC2)c1C. The number of amides is 1. The molecule has 1 saturated heterocycles. The lowest BCUT2D eigenvalue weighted by Crippen LogP contribution is -2.35. The van der Waals surface area contributed by atoms with Crippen LogP contribution in [0.3, 0.4) is 0 Å². The number of hydrogen-bond donors (Lipinski definition) is 1. The Hall–Kier alpha value is -1.35. The van der Waals surface area contributed by atoms with Crippen LogP contribution in [0.2, 0.25) is 0 Å². The molecule has 1 aliphatic heterocycles. The molecular weight excluding hydrogens is 260 g/mol. The van der Waals surface area contributed by atoms with Crippen molar-refractivity contribution in [3.05, 3.63) is 34.9 Å². The number of rotatable bonds is 5. The van der Waals surface area contributed by atoms with E-state index in [4.69, 9.17) is 0 Å². The van der Waals surface area contributed by atoms with Gasteiger partial charge in [0, 0.05) is 12.1 Å². The van der Waals surface area contributed by atoms with Crippen molar-refractivity contribution in [1.82, 2.24) is 10.2 Å². The van der Waals surface area contributed by atoms with E-state index in [0.29, 0.717) is 0 Å². The number of benzene rings is 1. The Kier molecular flexibility index (Phi) is 5.80. The Labute approximate surface area is 128 Å². The highest BCUT2D eigenvalue weighted by atomic mass is 16.1. The van der Waals surface area contributed by atoms with Crippen LogP contribution in [-0.4, -0.2) is 37.0 Å². The average molecular weight is 288 g/mol. The summed E-state index contributed by atoms with van der Waals surface area (Å²) >= 11 is 0. The number of likely N-dealkylation sites (tertiary alicyclic amines) is 1. The quantitative estimate of drug-likeness (QED) is 0.844. The molecule has 1 N–H and O–H groups in total. The first kappa shape index (κ1) is 16.0. The van der Waals surface area contributed by atoms with E-state index in [-0.39, 0.29) is 5.91 Å². The number of carbonyl (C=O) groups excluding carboxylic acids is 1. The van der Waals surface area contributed by atoms with E-state index >= 15 is 0 Å². The van der Waals surface area contributed by atoms with Crippen LogP contribution in [0.5, 0.6) is 0 Å². The summed E-state index contributed by atoms with van der Waals surface area (Å²) < 4.78 is 0. The molecule has 0 unspecified atom stereocenters. The largest absolute Gasteiger partial charge is 0.352 e. The molecule has 1 heterocycles. The maximum absolute atomic E-state index is 12.2. The fourth-order valence-corrected chi connectivity index (χ4v) is 2.88. The van der Waals surface area contributed by atoms with Gasteiger partial charge in [-0.3, -0.25) is 4.79 Å². The van der Waals surface area contributed by atoms with E-state index < -0.39 is 0 Å². The topological polar surface area (TPSA) is 32.3 Å². The van der Waals surface area contributed by atoms with Crippen LogP contribution in [0.25, 0.3) is 0 Å². The maximum Gasteiger partial charge on any atom is 0.251 e. The minimum Gasteiger partial charge on any atom is -0.352 e. The summed E-state index contributed by atoms with van der Waals surface area (Å²) in [5, 5.41) is 3.05. The van der Waals surface area contributed by atoms with Gasteiger partial charge in [0.25, 0.3) is 5.91 Å². The van der Waals surface area contributed by atoms with Gasteiger partial charge in [0.2, 0.25) is 0 Å². The first-order valence-electron chi connectivity index (χ1n) is 8.14. The molecule has 1 aliphatic rings. The predicted molar refractivity (Wildman–Crippen MR) is 87.7 cm³/mol. The summed E-state index contributed by atoms with van der Waals surface area (Å²) in [6, 6.07) is 5.90. The summed E-state index contributed by atoms with van der Waals surface area (Å²) in [7, 11) is 0. The highest BCUT2D eigenvalue weighted by Gasteiger charge is 2.15. The molecule has 3 nitrogen and oxygen atoms in total. The van der Waals surface area contributed by atoms with E-state index in [1.165, 1.54) is 31.5 Å². The van der Waals surface area contributed by atoms with Crippen LogP contribution < -0.4 is 5.32 Å². The molecule has 0 aliphatic carbocycles. The third-order valence-electron chi connectivity index (χ3n) is 4.66. The van der Waals surface area contributed by atoms with Crippen LogP contribution in [0.15, 0.2) is 18.2 Å². The molecule has 21 heavy (non-hydrogen) atoms.